The van der Waals surface area contributed by atoms with E-state index >= 15 is 0 Å². The maximum Gasteiger partial charge on any atom is 0.339 e. The Balaban J connectivity index is 1.62. The third kappa shape index (κ3) is 5.05. The highest BCUT2D eigenvalue weighted by Gasteiger charge is 2.41. The molecule has 2 aliphatic carbocycles. The fourth-order valence-corrected chi connectivity index (χ4v) is 7.14. The summed E-state index contributed by atoms with van der Waals surface area (Å²) in [6.45, 7) is 2.06. The summed E-state index contributed by atoms with van der Waals surface area (Å²) in [4.78, 5) is 26.3. The number of ether oxygens (including phenoxy) is 1. The molecule has 0 fully saturated rings. The van der Waals surface area contributed by atoms with Crippen molar-refractivity contribution in [2.75, 3.05) is 6.61 Å². The smallest absolute Gasteiger partial charge is 0.339 e. The van der Waals surface area contributed by atoms with Gasteiger partial charge in [0.25, 0.3) is 0 Å². The number of allylic oxidation sites excluding steroid dienone is 4. The van der Waals surface area contributed by atoms with Gasteiger partial charge in [0.05, 0.1) is 10.2 Å². The van der Waals surface area contributed by atoms with Crippen LogP contribution in [-0.4, -0.2) is 26.6 Å². The summed E-state index contributed by atoms with van der Waals surface area (Å²) in [5.41, 5.74) is 3.72. The second kappa shape index (κ2) is 10.4. The number of carbonyl (C=O) groups is 2. The lowest BCUT2D eigenvalue weighted by Gasteiger charge is -2.37. The van der Waals surface area contributed by atoms with Gasteiger partial charge in [-0.2, -0.15) is 8.42 Å². The molecule has 0 radical (unpaired) electrons. The van der Waals surface area contributed by atoms with Gasteiger partial charge in [-0.3, -0.25) is 9.59 Å². The normalized spacial score (nSPS) is 18.4. The molecule has 0 saturated carbocycles. The van der Waals surface area contributed by atoms with E-state index < -0.39 is 16.0 Å². The minimum Gasteiger partial charge on any atom is -0.490 e. The third-order valence-corrected chi connectivity index (χ3v) is 9.04. The van der Waals surface area contributed by atoms with Crippen LogP contribution >= 0.6 is 34.2 Å². The van der Waals surface area contributed by atoms with E-state index in [-0.39, 0.29) is 34.6 Å². The monoisotopic (exact) mass is 653 g/mol. The number of hydrogen-bond donors (Lipinski definition) is 1. The van der Waals surface area contributed by atoms with Gasteiger partial charge in [-0.05, 0) is 97.2 Å². The van der Waals surface area contributed by atoms with Crippen LogP contribution in [-0.2, 0) is 19.7 Å². The zero-order valence-corrected chi connectivity index (χ0v) is 23.8. The molecule has 37 heavy (non-hydrogen) atoms. The molecule has 1 aliphatic heterocycles. The highest BCUT2D eigenvalue weighted by molar-refractivity contribution is 14.1. The molecule has 3 aliphatic rings. The van der Waals surface area contributed by atoms with Crippen LogP contribution in [0.25, 0.3) is 0 Å². The number of rotatable bonds is 6. The Kier molecular flexibility index (Phi) is 7.39. The Bertz CT molecular complexity index is 1420. The number of halogens is 2. The Hall–Kier alpha value is -2.37. The van der Waals surface area contributed by atoms with Crippen LogP contribution in [0.4, 0.5) is 0 Å². The van der Waals surface area contributed by atoms with E-state index in [0.29, 0.717) is 38.1 Å². The molecule has 10 heteroatoms. The summed E-state index contributed by atoms with van der Waals surface area (Å²) in [5.74, 6) is -0.175. The van der Waals surface area contributed by atoms with Gasteiger partial charge < -0.3 is 14.2 Å². The van der Waals surface area contributed by atoms with E-state index in [1.165, 1.54) is 24.3 Å². The second-order valence-electron chi connectivity index (χ2n) is 9.15. The Morgan fingerprint density at radius 2 is 1.57 bits per heavy atom. The first kappa shape index (κ1) is 26.2. The van der Waals surface area contributed by atoms with Crippen LogP contribution in [0.5, 0.6) is 11.5 Å². The van der Waals surface area contributed by atoms with Crippen molar-refractivity contribution in [3.8, 4) is 11.5 Å². The zero-order chi connectivity index (χ0) is 26.3. The van der Waals surface area contributed by atoms with Gasteiger partial charge in [-0.25, -0.2) is 0 Å². The van der Waals surface area contributed by atoms with Gasteiger partial charge in [0, 0.05) is 46.3 Å². The standard InChI is InChI=1S/C27H25ClINO6S/c1-2-35-23-14-15(13-18(29)27(23)36-37(33,34)17-11-9-16(28)10-12-17)24-25-19(5-3-7-21(25)31)30-20-6-4-8-22(32)26(20)24/h9-14,24,30H,2-8H2,1H3. The molecule has 194 valence electrons. The maximum atomic E-state index is 13.1. The quantitative estimate of drug-likeness (QED) is 0.310. The molecule has 0 amide bonds. The van der Waals surface area contributed by atoms with E-state index in [1.54, 1.807) is 19.1 Å². The van der Waals surface area contributed by atoms with Crippen LogP contribution in [0.1, 0.15) is 56.9 Å². The molecule has 2 aromatic rings. The molecule has 1 heterocycles. The van der Waals surface area contributed by atoms with Gasteiger partial charge >= 0.3 is 10.1 Å². The fraction of sp³-hybridized carbons (Fsp3) is 0.333. The molecule has 1 N–H and O–H groups in total. The first-order valence-corrected chi connectivity index (χ1v) is 15.0. The number of benzene rings is 2. The molecule has 0 atom stereocenters. The molecule has 2 aromatic carbocycles. The summed E-state index contributed by atoms with van der Waals surface area (Å²) in [6.07, 6.45) is 3.90. The summed E-state index contributed by atoms with van der Waals surface area (Å²) < 4.78 is 38.0. The highest BCUT2D eigenvalue weighted by Crippen LogP contribution is 2.48. The Morgan fingerprint density at radius 3 is 2.14 bits per heavy atom. The summed E-state index contributed by atoms with van der Waals surface area (Å²) in [7, 11) is -4.17. The lowest BCUT2D eigenvalue weighted by atomic mass is 9.71. The van der Waals surface area contributed by atoms with Crippen molar-refractivity contribution in [3.05, 3.63) is 73.1 Å². The van der Waals surface area contributed by atoms with Gasteiger partial charge in [0.15, 0.2) is 23.1 Å². The molecule has 0 spiro atoms. The molecule has 0 saturated heterocycles. The molecule has 0 unspecified atom stereocenters. The van der Waals surface area contributed by atoms with Crippen LogP contribution in [0.2, 0.25) is 5.02 Å². The number of hydrogen-bond acceptors (Lipinski definition) is 7. The number of ketones is 2. The van der Waals surface area contributed by atoms with Crippen molar-refractivity contribution in [1.29, 1.82) is 0 Å². The fourth-order valence-electron chi connectivity index (χ4n) is 5.17. The molecule has 5 rings (SSSR count). The summed E-state index contributed by atoms with van der Waals surface area (Å²) in [5, 5.41) is 3.82. The van der Waals surface area contributed by atoms with Gasteiger partial charge in [-0.1, -0.05) is 11.6 Å². The first-order chi connectivity index (χ1) is 17.7. The predicted molar refractivity (Wildman–Crippen MR) is 147 cm³/mol. The van der Waals surface area contributed by atoms with Crippen LogP contribution in [0.3, 0.4) is 0 Å². The topological polar surface area (TPSA) is 98.8 Å². The third-order valence-electron chi connectivity index (χ3n) is 6.75. The van der Waals surface area contributed by atoms with Gasteiger partial charge in [0.1, 0.15) is 4.90 Å². The highest BCUT2D eigenvalue weighted by atomic mass is 127. The van der Waals surface area contributed by atoms with Crippen molar-refractivity contribution < 1.29 is 26.9 Å². The van der Waals surface area contributed by atoms with Gasteiger partial charge in [-0.15, -0.1) is 0 Å². The molecular formula is C27H25ClINO6S. The number of dihydropyridines is 1. The zero-order valence-electron chi connectivity index (χ0n) is 20.1. The van der Waals surface area contributed by atoms with E-state index in [4.69, 9.17) is 20.5 Å². The Morgan fingerprint density at radius 1 is 0.973 bits per heavy atom. The minimum atomic E-state index is -4.17. The molecule has 7 nitrogen and oxygen atoms in total. The summed E-state index contributed by atoms with van der Waals surface area (Å²) >= 11 is 7.92. The predicted octanol–water partition coefficient (Wildman–Crippen LogP) is 5.81. The number of carbonyl (C=O) groups excluding carboxylic acids is 2. The SMILES string of the molecule is CCOc1cc(C2C3=C(CCCC3=O)NC3=C2C(=O)CCC3)cc(I)c1OS(=O)(=O)c1ccc(Cl)cc1. The second-order valence-corrected chi connectivity index (χ2v) is 12.3. The molecule has 0 bridgehead atoms. The molecular weight excluding hydrogens is 629 g/mol. The van der Waals surface area contributed by atoms with Crippen molar-refractivity contribution in [2.45, 2.75) is 56.3 Å². The van der Waals surface area contributed by atoms with Crippen LogP contribution in [0, 0.1) is 3.57 Å². The van der Waals surface area contributed by atoms with Crippen LogP contribution in [0.15, 0.2) is 63.8 Å². The average molecular weight is 654 g/mol. The van der Waals surface area contributed by atoms with E-state index in [2.05, 4.69) is 5.32 Å². The van der Waals surface area contributed by atoms with Gasteiger partial charge in [0.2, 0.25) is 0 Å². The van der Waals surface area contributed by atoms with Crippen LogP contribution < -0.4 is 14.2 Å². The number of nitrogens with one attached hydrogen (secondary N) is 1. The van der Waals surface area contributed by atoms with Crippen molar-refractivity contribution in [1.82, 2.24) is 5.32 Å². The lowest BCUT2D eigenvalue weighted by Crippen LogP contribution is -2.36. The van der Waals surface area contributed by atoms with E-state index in [0.717, 1.165) is 37.1 Å². The average Bonchev–Trinajstić information content (AvgIpc) is 2.85. The Labute approximate surface area is 234 Å². The van der Waals surface area contributed by atoms with Crippen molar-refractivity contribution >= 4 is 55.9 Å². The number of Topliss-reactive ketones (excluding diaryl/α,β-unsaturated/α-hetero) is 2. The molecule has 0 aromatic heterocycles. The van der Waals surface area contributed by atoms with E-state index in [1.807, 2.05) is 22.6 Å². The minimum absolute atomic E-state index is 0.0299. The maximum absolute atomic E-state index is 13.1. The summed E-state index contributed by atoms with van der Waals surface area (Å²) in [6, 6.07) is 9.19. The van der Waals surface area contributed by atoms with E-state index in [9.17, 15) is 18.0 Å². The van der Waals surface area contributed by atoms with Crippen molar-refractivity contribution in [3.63, 3.8) is 0 Å². The largest absolute Gasteiger partial charge is 0.490 e. The van der Waals surface area contributed by atoms with Crippen molar-refractivity contribution in [2.24, 2.45) is 0 Å². The lowest BCUT2D eigenvalue weighted by molar-refractivity contribution is -0.117. The first-order valence-electron chi connectivity index (χ1n) is 12.2.